The lowest BCUT2D eigenvalue weighted by molar-refractivity contribution is 0.273. The van der Waals surface area contributed by atoms with E-state index in [0.717, 1.165) is 10.5 Å². The summed E-state index contributed by atoms with van der Waals surface area (Å²) in [4.78, 5) is 5.22. The molecule has 1 aromatic carbocycles. The molecule has 4 heteroatoms. The molecule has 2 nitrogen and oxygen atoms in total. The molecule has 2 heterocycles. The van der Waals surface area contributed by atoms with Crippen LogP contribution in [0.4, 0.5) is 5.69 Å². The lowest BCUT2D eigenvalue weighted by Gasteiger charge is -2.28. The molecule has 2 aliphatic heterocycles. The van der Waals surface area contributed by atoms with Gasteiger partial charge in [-0.3, -0.25) is 4.90 Å². The number of anilines is 1. The molecule has 0 saturated carbocycles. The van der Waals surface area contributed by atoms with Crippen molar-refractivity contribution in [2.24, 2.45) is 0 Å². The topological polar surface area (TPSA) is 6.48 Å². The number of fused-ring (bicyclic) bond motifs is 1. The minimum atomic E-state index is 0.767. The Kier molecular flexibility index (Phi) is 3.97. The predicted octanol–water partition coefficient (Wildman–Crippen LogP) is 3.89. The van der Waals surface area contributed by atoms with Gasteiger partial charge in [0.05, 0.1) is 5.69 Å². The van der Waals surface area contributed by atoms with E-state index in [-0.39, 0.29) is 0 Å². The minimum absolute atomic E-state index is 0.767. The zero-order valence-corrected chi connectivity index (χ0v) is 13.6. The summed E-state index contributed by atoms with van der Waals surface area (Å²) in [6.07, 6.45) is 4.02. The van der Waals surface area contributed by atoms with Crippen molar-refractivity contribution in [2.75, 3.05) is 31.1 Å². The Morgan fingerprint density at radius 2 is 1.89 bits per heavy atom. The number of halogens is 2. The molecule has 3 rings (SSSR count). The molecule has 0 aliphatic carbocycles. The summed E-state index contributed by atoms with van der Waals surface area (Å²) in [6.45, 7) is 4.93. The maximum Gasteiger partial charge on any atom is 0.0511 e. The van der Waals surface area contributed by atoms with Gasteiger partial charge in [0.1, 0.15) is 0 Å². The van der Waals surface area contributed by atoms with Crippen molar-refractivity contribution in [3.8, 4) is 0 Å². The second kappa shape index (κ2) is 5.51. The molecule has 0 amide bonds. The number of benzene rings is 1. The summed E-state index contributed by atoms with van der Waals surface area (Å²) in [5.74, 6) is 0. The average Bonchev–Trinajstić information content (AvgIpc) is 2.67. The van der Waals surface area contributed by atoms with Gasteiger partial charge >= 0.3 is 0 Å². The van der Waals surface area contributed by atoms with Crippen LogP contribution in [0.5, 0.6) is 0 Å². The van der Waals surface area contributed by atoms with Crippen LogP contribution in [-0.2, 0) is 0 Å². The van der Waals surface area contributed by atoms with E-state index < -0.39 is 0 Å². The van der Waals surface area contributed by atoms with E-state index in [1.54, 1.807) is 0 Å². The molecule has 18 heavy (non-hydrogen) atoms. The molecule has 1 aromatic rings. The standard InChI is InChI=1S/C14H18Br2N2/c15-11-4-5-14(13(16)9-11)18-8-2-7-17-6-1-3-12(17)10-18/h4-5,9,12H,1-3,6-8,10H2. The first-order valence-electron chi connectivity index (χ1n) is 6.68. The molecule has 0 aromatic heterocycles. The zero-order chi connectivity index (χ0) is 12.5. The third kappa shape index (κ3) is 2.61. The van der Waals surface area contributed by atoms with Crippen molar-refractivity contribution in [3.05, 3.63) is 27.1 Å². The van der Waals surface area contributed by atoms with E-state index >= 15 is 0 Å². The smallest absolute Gasteiger partial charge is 0.0511 e. The van der Waals surface area contributed by atoms with Crippen molar-refractivity contribution >= 4 is 37.5 Å². The molecule has 0 bridgehead atoms. The number of rotatable bonds is 1. The minimum Gasteiger partial charge on any atom is -0.369 e. The monoisotopic (exact) mass is 372 g/mol. The Morgan fingerprint density at radius 1 is 1.06 bits per heavy atom. The lowest BCUT2D eigenvalue weighted by atomic mass is 10.2. The van der Waals surface area contributed by atoms with Gasteiger partial charge in [0.25, 0.3) is 0 Å². The predicted molar refractivity (Wildman–Crippen MR) is 83.3 cm³/mol. The van der Waals surface area contributed by atoms with Gasteiger partial charge in [-0.2, -0.15) is 0 Å². The van der Waals surface area contributed by atoms with Gasteiger partial charge in [-0.05, 0) is 59.9 Å². The summed E-state index contributed by atoms with van der Waals surface area (Å²) in [5, 5.41) is 0. The molecule has 2 saturated heterocycles. The second-order valence-electron chi connectivity index (χ2n) is 5.23. The Labute approximate surface area is 126 Å². The van der Waals surface area contributed by atoms with E-state index in [9.17, 15) is 0 Å². The van der Waals surface area contributed by atoms with Crippen molar-refractivity contribution < 1.29 is 0 Å². The average molecular weight is 374 g/mol. The van der Waals surface area contributed by atoms with E-state index in [0.29, 0.717) is 0 Å². The van der Waals surface area contributed by atoms with Gasteiger partial charge in [0, 0.05) is 34.6 Å². The van der Waals surface area contributed by atoms with Gasteiger partial charge in [0.15, 0.2) is 0 Å². The highest BCUT2D eigenvalue weighted by atomic mass is 79.9. The summed E-state index contributed by atoms with van der Waals surface area (Å²) < 4.78 is 2.33. The van der Waals surface area contributed by atoms with Gasteiger partial charge in [-0.25, -0.2) is 0 Å². The number of hydrogen-bond donors (Lipinski definition) is 0. The maximum atomic E-state index is 3.70. The SMILES string of the molecule is Brc1ccc(N2CCCN3CCCC3C2)c(Br)c1. The van der Waals surface area contributed by atoms with E-state index in [1.807, 2.05) is 0 Å². The third-order valence-corrected chi connectivity index (χ3v) is 5.18. The summed E-state index contributed by atoms with van der Waals surface area (Å²) in [6, 6.07) is 7.27. The van der Waals surface area contributed by atoms with Gasteiger partial charge < -0.3 is 4.90 Å². The quantitative estimate of drug-likeness (QED) is 0.736. The Hall–Kier alpha value is -0.0600. The van der Waals surface area contributed by atoms with Crippen LogP contribution < -0.4 is 4.90 Å². The first-order chi connectivity index (χ1) is 8.74. The van der Waals surface area contributed by atoms with Crippen molar-refractivity contribution in [3.63, 3.8) is 0 Å². The van der Waals surface area contributed by atoms with Crippen LogP contribution in [0.3, 0.4) is 0 Å². The molecule has 1 unspecified atom stereocenters. The zero-order valence-electron chi connectivity index (χ0n) is 10.4. The molecule has 1 atom stereocenters. The summed E-state index contributed by atoms with van der Waals surface area (Å²) in [5.41, 5.74) is 1.34. The van der Waals surface area contributed by atoms with Crippen LogP contribution in [0.1, 0.15) is 19.3 Å². The van der Waals surface area contributed by atoms with Crippen LogP contribution in [0, 0.1) is 0 Å². The highest BCUT2D eigenvalue weighted by Gasteiger charge is 2.29. The second-order valence-corrected chi connectivity index (χ2v) is 7.00. The van der Waals surface area contributed by atoms with E-state index in [4.69, 9.17) is 0 Å². The van der Waals surface area contributed by atoms with E-state index in [2.05, 4.69) is 59.9 Å². The number of hydrogen-bond acceptors (Lipinski definition) is 2. The van der Waals surface area contributed by atoms with Crippen molar-refractivity contribution in [2.45, 2.75) is 25.3 Å². The van der Waals surface area contributed by atoms with Gasteiger partial charge in [0.2, 0.25) is 0 Å². The molecule has 98 valence electrons. The highest BCUT2D eigenvalue weighted by molar-refractivity contribution is 9.11. The summed E-state index contributed by atoms with van der Waals surface area (Å²) >= 11 is 7.22. The van der Waals surface area contributed by atoms with Crippen molar-refractivity contribution in [1.29, 1.82) is 0 Å². The molecular weight excluding hydrogens is 356 g/mol. The Balaban J connectivity index is 1.82. The molecular formula is C14H18Br2N2. The number of nitrogens with zero attached hydrogens (tertiary/aromatic N) is 2. The molecule has 0 radical (unpaired) electrons. The molecule has 0 spiro atoms. The maximum absolute atomic E-state index is 3.70. The van der Waals surface area contributed by atoms with Crippen LogP contribution in [0.25, 0.3) is 0 Å². The first-order valence-corrected chi connectivity index (χ1v) is 8.27. The van der Waals surface area contributed by atoms with E-state index in [1.165, 1.54) is 55.6 Å². The highest BCUT2D eigenvalue weighted by Crippen LogP contribution is 2.32. The molecule has 2 aliphatic rings. The van der Waals surface area contributed by atoms with Crippen LogP contribution >= 0.6 is 31.9 Å². The Bertz CT molecular complexity index is 436. The normalized spacial score (nSPS) is 25.0. The Morgan fingerprint density at radius 3 is 2.72 bits per heavy atom. The van der Waals surface area contributed by atoms with Crippen LogP contribution in [0.2, 0.25) is 0 Å². The molecule has 2 fully saturated rings. The van der Waals surface area contributed by atoms with Gasteiger partial charge in [-0.15, -0.1) is 0 Å². The lowest BCUT2D eigenvalue weighted by Crippen LogP contribution is -2.36. The fourth-order valence-corrected chi connectivity index (χ4v) is 4.46. The third-order valence-electron chi connectivity index (χ3n) is 4.05. The summed E-state index contributed by atoms with van der Waals surface area (Å²) in [7, 11) is 0. The fraction of sp³-hybridized carbons (Fsp3) is 0.571. The van der Waals surface area contributed by atoms with Crippen LogP contribution in [-0.4, -0.2) is 37.1 Å². The van der Waals surface area contributed by atoms with Gasteiger partial charge in [-0.1, -0.05) is 15.9 Å². The van der Waals surface area contributed by atoms with Crippen molar-refractivity contribution in [1.82, 2.24) is 4.90 Å². The first kappa shape index (κ1) is 12.9. The fourth-order valence-electron chi connectivity index (χ4n) is 3.16. The molecule has 0 N–H and O–H groups in total. The van der Waals surface area contributed by atoms with Crippen LogP contribution in [0.15, 0.2) is 27.1 Å². The largest absolute Gasteiger partial charge is 0.369 e.